The van der Waals surface area contributed by atoms with E-state index in [2.05, 4.69) is 28.5 Å². The van der Waals surface area contributed by atoms with Crippen molar-refractivity contribution in [2.75, 3.05) is 5.32 Å². The van der Waals surface area contributed by atoms with Crippen LogP contribution in [0, 0.1) is 5.92 Å². The van der Waals surface area contributed by atoms with Crippen LogP contribution in [0.5, 0.6) is 0 Å². The summed E-state index contributed by atoms with van der Waals surface area (Å²) in [6.07, 6.45) is 4.37. The second-order valence-electron chi connectivity index (χ2n) is 5.45. The Hall–Kier alpha value is -2.20. The van der Waals surface area contributed by atoms with Crippen LogP contribution in [-0.2, 0) is 24.2 Å². The number of anilines is 1. The van der Waals surface area contributed by atoms with Gasteiger partial charge in [0.2, 0.25) is 5.91 Å². The molecule has 2 aromatic rings. The van der Waals surface area contributed by atoms with Gasteiger partial charge >= 0.3 is 0 Å². The van der Waals surface area contributed by atoms with Crippen molar-refractivity contribution < 1.29 is 4.79 Å². The molecular formula is C17H19N3O. The third-order valence-electron chi connectivity index (χ3n) is 4.03. The number of nitrogens with two attached hydrogens (primary N) is 1. The summed E-state index contributed by atoms with van der Waals surface area (Å²) in [5.74, 6) is 0.671. The molecule has 0 saturated heterocycles. The van der Waals surface area contributed by atoms with Crippen LogP contribution >= 0.6 is 0 Å². The predicted octanol–water partition coefficient (Wildman–Crippen LogP) is 2.28. The van der Waals surface area contributed by atoms with Crippen molar-refractivity contribution in [1.82, 2.24) is 4.98 Å². The molecule has 3 rings (SSSR count). The molecule has 1 aromatic heterocycles. The van der Waals surface area contributed by atoms with E-state index in [1.54, 1.807) is 12.3 Å². The van der Waals surface area contributed by atoms with Crippen LogP contribution in [0.15, 0.2) is 42.6 Å². The van der Waals surface area contributed by atoms with E-state index in [1.807, 2.05) is 12.1 Å². The van der Waals surface area contributed by atoms with Gasteiger partial charge in [-0.3, -0.25) is 4.79 Å². The van der Waals surface area contributed by atoms with Crippen molar-refractivity contribution in [1.29, 1.82) is 0 Å². The second-order valence-corrected chi connectivity index (χ2v) is 5.45. The van der Waals surface area contributed by atoms with Crippen molar-refractivity contribution >= 4 is 11.7 Å². The van der Waals surface area contributed by atoms with Gasteiger partial charge in [0.05, 0.1) is 0 Å². The molecule has 0 radical (unpaired) electrons. The molecule has 1 atom stereocenters. The van der Waals surface area contributed by atoms with Gasteiger partial charge in [0, 0.05) is 18.7 Å². The number of nitrogens with one attached hydrogen (secondary N) is 1. The molecule has 0 aliphatic heterocycles. The van der Waals surface area contributed by atoms with Gasteiger partial charge in [-0.1, -0.05) is 30.3 Å². The summed E-state index contributed by atoms with van der Waals surface area (Å²) in [7, 11) is 0. The number of nitrogens with zero attached hydrogens (tertiary/aromatic N) is 1. The molecule has 0 bridgehead atoms. The SMILES string of the molecule is NCc1ccc(NC(=O)C2CCc3ccccc3C2)nc1. The molecule has 0 fully saturated rings. The molecule has 4 heteroatoms. The van der Waals surface area contributed by atoms with E-state index in [9.17, 15) is 4.79 Å². The Morgan fingerprint density at radius 1 is 1.24 bits per heavy atom. The Morgan fingerprint density at radius 2 is 2.05 bits per heavy atom. The zero-order valence-electron chi connectivity index (χ0n) is 11.9. The first-order valence-electron chi connectivity index (χ1n) is 7.29. The Bertz CT molecular complexity index is 637. The summed E-state index contributed by atoms with van der Waals surface area (Å²) in [5, 5.41) is 2.90. The number of hydrogen-bond donors (Lipinski definition) is 2. The third-order valence-corrected chi connectivity index (χ3v) is 4.03. The van der Waals surface area contributed by atoms with E-state index in [1.165, 1.54) is 11.1 Å². The first-order valence-corrected chi connectivity index (χ1v) is 7.29. The highest BCUT2D eigenvalue weighted by atomic mass is 16.1. The maximum Gasteiger partial charge on any atom is 0.228 e. The molecule has 1 aliphatic carbocycles. The van der Waals surface area contributed by atoms with Crippen molar-refractivity contribution in [3.63, 3.8) is 0 Å². The van der Waals surface area contributed by atoms with Gasteiger partial charge in [-0.25, -0.2) is 4.98 Å². The average molecular weight is 281 g/mol. The van der Waals surface area contributed by atoms with E-state index in [0.717, 1.165) is 24.8 Å². The van der Waals surface area contributed by atoms with Crippen molar-refractivity contribution in [2.45, 2.75) is 25.8 Å². The van der Waals surface area contributed by atoms with Gasteiger partial charge < -0.3 is 11.1 Å². The van der Waals surface area contributed by atoms with E-state index in [0.29, 0.717) is 12.4 Å². The highest BCUT2D eigenvalue weighted by Crippen LogP contribution is 2.26. The summed E-state index contributed by atoms with van der Waals surface area (Å²) in [4.78, 5) is 16.6. The highest BCUT2D eigenvalue weighted by Gasteiger charge is 2.24. The number of aromatic nitrogens is 1. The van der Waals surface area contributed by atoms with Gasteiger partial charge in [0.25, 0.3) is 0 Å². The minimum absolute atomic E-state index is 0.0240. The summed E-state index contributed by atoms with van der Waals surface area (Å²) >= 11 is 0. The molecule has 1 aromatic carbocycles. The van der Waals surface area contributed by atoms with Crippen LogP contribution in [-0.4, -0.2) is 10.9 Å². The minimum Gasteiger partial charge on any atom is -0.326 e. The van der Waals surface area contributed by atoms with Gasteiger partial charge in [-0.05, 0) is 42.0 Å². The Morgan fingerprint density at radius 3 is 2.76 bits per heavy atom. The zero-order chi connectivity index (χ0) is 14.7. The summed E-state index contributed by atoms with van der Waals surface area (Å²) in [6, 6.07) is 12.0. The lowest BCUT2D eigenvalue weighted by Gasteiger charge is -2.23. The molecule has 1 amide bonds. The van der Waals surface area contributed by atoms with Crippen molar-refractivity contribution in [3.05, 3.63) is 59.3 Å². The highest BCUT2D eigenvalue weighted by molar-refractivity contribution is 5.92. The van der Waals surface area contributed by atoms with Crippen molar-refractivity contribution in [3.8, 4) is 0 Å². The maximum absolute atomic E-state index is 12.4. The molecule has 21 heavy (non-hydrogen) atoms. The predicted molar refractivity (Wildman–Crippen MR) is 82.7 cm³/mol. The van der Waals surface area contributed by atoms with Crippen LogP contribution in [0.4, 0.5) is 5.82 Å². The van der Waals surface area contributed by atoms with Gasteiger partial charge in [-0.2, -0.15) is 0 Å². The third kappa shape index (κ3) is 3.11. The molecule has 1 unspecified atom stereocenters. The van der Waals surface area contributed by atoms with E-state index < -0.39 is 0 Å². The molecule has 0 spiro atoms. The Labute approximate surface area is 124 Å². The lowest BCUT2D eigenvalue weighted by molar-refractivity contribution is -0.120. The number of rotatable bonds is 3. The molecule has 1 aliphatic rings. The van der Waals surface area contributed by atoms with Gasteiger partial charge in [0.15, 0.2) is 0 Å². The topological polar surface area (TPSA) is 68.0 Å². The Balaban J connectivity index is 1.66. The minimum atomic E-state index is 0.0240. The number of carbonyl (C=O) groups excluding carboxylic acids is 1. The first kappa shape index (κ1) is 13.8. The van der Waals surface area contributed by atoms with Crippen LogP contribution in [0.3, 0.4) is 0 Å². The fourth-order valence-corrected chi connectivity index (χ4v) is 2.77. The number of amides is 1. The fourth-order valence-electron chi connectivity index (χ4n) is 2.77. The number of carbonyl (C=O) groups is 1. The maximum atomic E-state index is 12.4. The largest absolute Gasteiger partial charge is 0.326 e. The Kier molecular flexibility index (Phi) is 3.97. The standard InChI is InChI=1S/C17H19N3O/c18-10-12-5-8-16(19-11-12)20-17(21)15-7-6-13-3-1-2-4-14(13)9-15/h1-5,8,11,15H,6-7,9-10,18H2,(H,19,20,21). The van der Waals surface area contributed by atoms with E-state index >= 15 is 0 Å². The number of pyridine rings is 1. The normalized spacial score (nSPS) is 17.1. The smallest absolute Gasteiger partial charge is 0.228 e. The number of benzene rings is 1. The van der Waals surface area contributed by atoms with E-state index in [4.69, 9.17) is 5.73 Å². The quantitative estimate of drug-likeness (QED) is 0.907. The van der Waals surface area contributed by atoms with E-state index in [-0.39, 0.29) is 11.8 Å². The van der Waals surface area contributed by atoms with Gasteiger partial charge in [-0.15, -0.1) is 0 Å². The second kappa shape index (κ2) is 6.06. The number of fused-ring (bicyclic) bond motifs is 1. The fraction of sp³-hybridized carbons (Fsp3) is 0.294. The lowest BCUT2D eigenvalue weighted by atomic mass is 9.83. The van der Waals surface area contributed by atoms with Crippen molar-refractivity contribution in [2.24, 2.45) is 11.7 Å². The molecule has 0 saturated carbocycles. The van der Waals surface area contributed by atoms with Crippen LogP contribution < -0.4 is 11.1 Å². The summed E-state index contributed by atoms with van der Waals surface area (Å²) in [6.45, 7) is 0.459. The number of aryl methyl sites for hydroxylation is 1. The lowest BCUT2D eigenvalue weighted by Crippen LogP contribution is -2.28. The zero-order valence-corrected chi connectivity index (χ0v) is 11.9. The number of hydrogen-bond acceptors (Lipinski definition) is 3. The molecule has 1 heterocycles. The monoisotopic (exact) mass is 281 g/mol. The molecular weight excluding hydrogens is 262 g/mol. The molecule has 108 valence electrons. The van der Waals surface area contributed by atoms with Crippen LogP contribution in [0.25, 0.3) is 0 Å². The average Bonchev–Trinajstić information content (AvgIpc) is 2.55. The van der Waals surface area contributed by atoms with Gasteiger partial charge in [0.1, 0.15) is 5.82 Å². The van der Waals surface area contributed by atoms with Crippen LogP contribution in [0.1, 0.15) is 23.1 Å². The molecule has 4 nitrogen and oxygen atoms in total. The first-order chi connectivity index (χ1) is 10.3. The summed E-state index contributed by atoms with van der Waals surface area (Å²) in [5.41, 5.74) is 9.15. The summed E-state index contributed by atoms with van der Waals surface area (Å²) < 4.78 is 0. The van der Waals surface area contributed by atoms with Crippen LogP contribution in [0.2, 0.25) is 0 Å². The molecule has 3 N–H and O–H groups in total.